The van der Waals surface area contributed by atoms with Gasteiger partial charge in [0.2, 0.25) is 5.82 Å². The monoisotopic (exact) mass is 308 g/mol. The minimum atomic E-state index is -0.192. The van der Waals surface area contributed by atoms with Crippen LogP contribution in [0.15, 0.2) is 28.7 Å². The van der Waals surface area contributed by atoms with Crippen molar-refractivity contribution in [3.8, 4) is 0 Å². The summed E-state index contributed by atoms with van der Waals surface area (Å²) in [7, 11) is 1.73. The Labute approximate surface area is 113 Å². The van der Waals surface area contributed by atoms with E-state index in [0.717, 1.165) is 10.0 Å². The number of aromatic amines is 1. The third kappa shape index (κ3) is 2.95. The fourth-order valence-corrected chi connectivity index (χ4v) is 1.81. The molecule has 0 fully saturated rings. The topological polar surface area (TPSA) is 61.9 Å². The number of nitrogens with one attached hydrogen (secondary N) is 1. The predicted molar refractivity (Wildman–Crippen MR) is 71.1 cm³/mol. The zero-order valence-corrected chi connectivity index (χ0v) is 11.7. The molecular weight excluding hydrogens is 296 g/mol. The number of aryl methyl sites for hydroxylation is 1. The molecule has 0 aliphatic heterocycles. The zero-order chi connectivity index (χ0) is 13.1. The molecule has 1 heterocycles. The molecule has 94 valence electrons. The Morgan fingerprint density at radius 1 is 1.39 bits per heavy atom. The van der Waals surface area contributed by atoms with Gasteiger partial charge in [0.15, 0.2) is 0 Å². The van der Waals surface area contributed by atoms with E-state index in [1.807, 2.05) is 24.3 Å². The van der Waals surface area contributed by atoms with Crippen LogP contribution in [0.4, 0.5) is 0 Å². The predicted octanol–water partition coefficient (Wildman–Crippen LogP) is 2.15. The molecule has 2 aromatic rings. The zero-order valence-electron chi connectivity index (χ0n) is 10.1. The minimum absolute atomic E-state index is 0.192. The standard InChI is InChI=1S/C12H13BrN4O/c1-8-14-11(16-15-8)12(18)17(2)7-9-3-5-10(13)6-4-9/h3-6H,7H2,1-2H3,(H,14,15,16). The lowest BCUT2D eigenvalue weighted by Crippen LogP contribution is -2.27. The van der Waals surface area contributed by atoms with Crippen molar-refractivity contribution in [2.24, 2.45) is 0 Å². The van der Waals surface area contributed by atoms with Gasteiger partial charge in [-0.1, -0.05) is 28.1 Å². The number of H-pyrrole nitrogens is 1. The third-order valence-corrected chi connectivity index (χ3v) is 3.00. The lowest BCUT2D eigenvalue weighted by Gasteiger charge is -2.15. The summed E-state index contributed by atoms with van der Waals surface area (Å²) in [5, 5.41) is 6.52. The molecular formula is C12H13BrN4O. The smallest absolute Gasteiger partial charge is 0.293 e. The van der Waals surface area contributed by atoms with Crippen LogP contribution in [0.1, 0.15) is 22.0 Å². The normalized spacial score (nSPS) is 10.4. The highest BCUT2D eigenvalue weighted by molar-refractivity contribution is 9.10. The number of carbonyl (C=O) groups is 1. The van der Waals surface area contributed by atoms with E-state index in [-0.39, 0.29) is 11.7 Å². The van der Waals surface area contributed by atoms with Gasteiger partial charge in [-0.05, 0) is 24.6 Å². The van der Waals surface area contributed by atoms with Crippen molar-refractivity contribution in [2.75, 3.05) is 7.05 Å². The Kier molecular flexibility index (Phi) is 3.76. The molecule has 0 spiro atoms. The van der Waals surface area contributed by atoms with E-state index in [1.165, 1.54) is 0 Å². The van der Waals surface area contributed by atoms with Gasteiger partial charge in [-0.2, -0.15) is 0 Å². The van der Waals surface area contributed by atoms with Gasteiger partial charge >= 0.3 is 0 Å². The van der Waals surface area contributed by atoms with E-state index >= 15 is 0 Å². The summed E-state index contributed by atoms with van der Waals surface area (Å²) in [5.74, 6) is 0.643. The van der Waals surface area contributed by atoms with Crippen molar-refractivity contribution >= 4 is 21.8 Å². The molecule has 18 heavy (non-hydrogen) atoms. The number of rotatable bonds is 3. The van der Waals surface area contributed by atoms with Gasteiger partial charge in [-0.3, -0.25) is 9.89 Å². The van der Waals surface area contributed by atoms with Crippen molar-refractivity contribution in [1.29, 1.82) is 0 Å². The van der Waals surface area contributed by atoms with E-state index in [0.29, 0.717) is 12.4 Å². The summed E-state index contributed by atoms with van der Waals surface area (Å²) in [5.41, 5.74) is 1.06. The molecule has 0 atom stereocenters. The van der Waals surface area contributed by atoms with Crippen LogP contribution < -0.4 is 0 Å². The molecule has 2 rings (SSSR count). The summed E-state index contributed by atoms with van der Waals surface area (Å²) in [6.45, 7) is 2.29. The summed E-state index contributed by atoms with van der Waals surface area (Å²) in [6.07, 6.45) is 0. The molecule has 0 saturated heterocycles. The second-order valence-corrected chi connectivity index (χ2v) is 4.95. The molecule has 0 saturated carbocycles. The summed E-state index contributed by atoms with van der Waals surface area (Å²) >= 11 is 3.38. The third-order valence-electron chi connectivity index (χ3n) is 2.47. The molecule has 6 heteroatoms. The molecule has 0 bridgehead atoms. The highest BCUT2D eigenvalue weighted by Gasteiger charge is 2.16. The number of nitrogens with zero attached hydrogens (tertiary/aromatic N) is 3. The number of amides is 1. The van der Waals surface area contributed by atoms with E-state index < -0.39 is 0 Å². The van der Waals surface area contributed by atoms with Crippen LogP contribution >= 0.6 is 15.9 Å². The maximum absolute atomic E-state index is 12.0. The first-order valence-electron chi connectivity index (χ1n) is 5.45. The van der Waals surface area contributed by atoms with Crippen molar-refractivity contribution in [3.63, 3.8) is 0 Å². The van der Waals surface area contributed by atoms with Crippen molar-refractivity contribution < 1.29 is 4.79 Å². The number of halogens is 1. The van der Waals surface area contributed by atoms with Crippen molar-refractivity contribution in [2.45, 2.75) is 13.5 Å². The Morgan fingerprint density at radius 3 is 2.61 bits per heavy atom. The van der Waals surface area contributed by atoms with Gasteiger partial charge in [-0.25, -0.2) is 4.98 Å². The molecule has 0 unspecified atom stereocenters. The molecule has 5 nitrogen and oxygen atoms in total. The van der Waals surface area contributed by atoms with Crippen LogP contribution in [0, 0.1) is 6.92 Å². The fourth-order valence-electron chi connectivity index (χ4n) is 1.54. The van der Waals surface area contributed by atoms with Gasteiger partial charge in [-0.15, -0.1) is 5.10 Å². The van der Waals surface area contributed by atoms with Crippen LogP contribution in [0.25, 0.3) is 0 Å². The van der Waals surface area contributed by atoms with E-state index in [1.54, 1.807) is 18.9 Å². The Hall–Kier alpha value is -1.69. The second-order valence-electron chi connectivity index (χ2n) is 4.03. The van der Waals surface area contributed by atoms with Gasteiger partial charge < -0.3 is 4.90 Å². The second kappa shape index (κ2) is 5.30. The van der Waals surface area contributed by atoms with Crippen LogP contribution in [0.3, 0.4) is 0 Å². The number of hydrogen-bond acceptors (Lipinski definition) is 3. The van der Waals surface area contributed by atoms with Gasteiger partial charge in [0.25, 0.3) is 5.91 Å². The minimum Gasteiger partial charge on any atom is -0.335 e. The molecule has 1 amide bonds. The van der Waals surface area contributed by atoms with Crippen LogP contribution in [-0.2, 0) is 6.54 Å². The first-order valence-corrected chi connectivity index (χ1v) is 6.24. The Bertz CT molecular complexity index is 549. The summed E-state index contributed by atoms with van der Waals surface area (Å²) in [4.78, 5) is 17.6. The SMILES string of the molecule is Cc1nc(C(=O)N(C)Cc2ccc(Br)cc2)n[nH]1. The maximum atomic E-state index is 12.0. The molecule has 0 radical (unpaired) electrons. The Morgan fingerprint density at radius 2 is 2.06 bits per heavy atom. The fraction of sp³-hybridized carbons (Fsp3) is 0.250. The quantitative estimate of drug-likeness (QED) is 0.945. The van der Waals surface area contributed by atoms with Crippen molar-refractivity contribution in [1.82, 2.24) is 20.1 Å². The average Bonchev–Trinajstić information content (AvgIpc) is 2.78. The van der Waals surface area contributed by atoms with Gasteiger partial charge in [0.05, 0.1) is 0 Å². The summed E-state index contributed by atoms with van der Waals surface area (Å²) in [6, 6.07) is 7.84. The first-order chi connectivity index (χ1) is 8.56. The number of carbonyl (C=O) groups excluding carboxylic acids is 1. The van der Waals surface area contributed by atoms with E-state index in [2.05, 4.69) is 31.1 Å². The Balaban J connectivity index is 2.05. The average molecular weight is 309 g/mol. The number of aromatic nitrogens is 3. The van der Waals surface area contributed by atoms with E-state index in [9.17, 15) is 4.79 Å². The number of benzene rings is 1. The lowest BCUT2D eigenvalue weighted by molar-refractivity contribution is 0.0773. The molecule has 0 aliphatic rings. The highest BCUT2D eigenvalue weighted by Crippen LogP contribution is 2.12. The molecule has 0 aliphatic carbocycles. The number of hydrogen-bond donors (Lipinski definition) is 1. The van der Waals surface area contributed by atoms with Crippen LogP contribution in [0.2, 0.25) is 0 Å². The van der Waals surface area contributed by atoms with Gasteiger partial charge in [0, 0.05) is 18.1 Å². The molecule has 1 N–H and O–H groups in total. The van der Waals surface area contributed by atoms with Gasteiger partial charge in [0.1, 0.15) is 5.82 Å². The molecule has 1 aromatic heterocycles. The van der Waals surface area contributed by atoms with Crippen LogP contribution in [-0.4, -0.2) is 33.0 Å². The molecule has 1 aromatic carbocycles. The summed E-state index contributed by atoms with van der Waals surface area (Å²) < 4.78 is 1.02. The first kappa shape index (κ1) is 12.8. The lowest BCUT2D eigenvalue weighted by atomic mass is 10.2. The van der Waals surface area contributed by atoms with Crippen molar-refractivity contribution in [3.05, 3.63) is 46.0 Å². The highest BCUT2D eigenvalue weighted by atomic mass is 79.9. The largest absolute Gasteiger partial charge is 0.335 e. The van der Waals surface area contributed by atoms with E-state index in [4.69, 9.17) is 0 Å². The van der Waals surface area contributed by atoms with Crippen LogP contribution in [0.5, 0.6) is 0 Å². The maximum Gasteiger partial charge on any atom is 0.293 e.